The Morgan fingerprint density at radius 3 is 2.60 bits per heavy atom. The number of imidazole rings is 1. The molecule has 0 spiro atoms. The average Bonchev–Trinajstić information content (AvgIpc) is 3.29. The van der Waals surface area contributed by atoms with Gasteiger partial charge in [-0.1, -0.05) is 11.6 Å². The molecule has 0 radical (unpaired) electrons. The number of hydrogen-bond acceptors (Lipinski definition) is 4. The molecule has 130 valence electrons. The molecule has 1 fully saturated rings. The summed E-state index contributed by atoms with van der Waals surface area (Å²) in [5.74, 6) is 0.734. The van der Waals surface area contributed by atoms with Crippen molar-refractivity contribution in [3.63, 3.8) is 0 Å². The molecule has 0 saturated carbocycles. The number of nitrogens with zero attached hydrogens (tertiary/aromatic N) is 4. The molecule has 0 aliphatic carbocycles. The smallest absolute Gasteiger partial charge is 0.298 e. The second-order valence-corrected chi connectivity index (χ2v) is 6.60. The zero-order valence-electron chi connectivity index (χ0n) is 14.0. The van der Waals surface area contributed by atoms with Crippen LogP contribution in [0.2, 0.25) is 5.15 Å². The van der Waals surface area contributed by atoms with Crippen LogP contribution in [0.3, 0.4) is 0 Å². The minimum Gasteiger partial charge on any atom is -0.497 e. The molecule has 0 amide bonds. The summed E-state index contributed by atoms with van der Waals surface area (Å²) in [5.41, 5.74) is 1.82. The highest BCUT2D eigenvalue weighted by molar-refractivity contribution is 6.29. The Morgan fingerprint density at radius 1 is 1.20 bits per heavy atom. The van der Waals surface area contributed by atoms with Gasteiger partial charge in [0.25, 0.3) is 5.56 Å². The number of ether oxygens (including phenoxy) is 1. The molecule has 25 heavy (non-hydrogen) atoms. The quantitative estimate of drug-likeness (QED) is 0.719. The number of hydrogen-bond donors (Lipinski definition) is 0. The number of halogens is 1. The number of rotatable bonds is 4. The van der Waals surface area contributed by atoms with Crippen LogP contribution < -0.4 is 10.3 Å². The van der Waals surface area contributed by atoms with Gasteiger partial charge in [-0.05, 0) is 50.2 Å². The lowest BCUT2D eigenvalue weighted by atomic mass is 10.3. The minimum absolute atomic E-state index is 0.192. The molecule has 1 saturated heterocycles. The van der Waals surface area contributed by atoms with E-state index in [1.165, 1.54) is 17.4 Å². The molecular formula is C18H19ClN4O2. The monoisotopic (exact) mass is 358 g/mol. The number of fused-ring (bicyclic) bond motifs is 1. The van der Waals surface area contributed by atoms with Gasteiger partial charge in [-0.3, -0.25) is 18.7 Å². The zero-order chi connectivity index (χ0) is 17.4. The van der Waals surface area contributed by atoms with Gasteiger partial charge in [0, 0.05) is 18.4 Å². The molecule has 1 aromatic carbocycles. The topological polar surface area (TPSA) is 51.8 Å². The van der Waals surface area contributed by atoms with E-state index in [4.69, 9.17) is 16.3 Å². The van der Waals surface area contributed by atoms with Crippen molar-refractivity contribution in [1.82, 2.24) is 18.9 Å². The molecule has 7 heteroatoms. The van der Waals surface area contributed by atoms with E-state index < -0.39 is 0 Å². The second kappa shape index (κ2) is 6.54. The first-order valence-electron chi connectivity index (χ1n) is 8.31. The molecule has 6 nitrogen and oxygen atoms in total. The third kappa shape index (κ3) is 2.92. The summed E-state index contributed by atoms with van der Waals surface area (Å²) in [4.78, 5) is 19.6. The Hall–Kier alpha value is -2.31. The fourth-order valence-electron chi connectivity index (χ4n) is 3.32. The Morgan fingerprint density at radius 2 is 1.92 bits per heavy atom. The lowest BCUT2D eigenvalue weighted by Crippen LogP contribution is -2.23. The number of aromatic nitrogens is 3. The van der Waals surface area contributed by atoms with Crippen LogP contribution >= 0.6 is 11.6 Å². The van der Waals surface area contributed by atoms with Gasteiger partial charge in [0.05, 0.1) is 19.0 Å². The molecule has 0 unspecified atom stereocenters. The molecule has 0 atom stereocenters. The fourth-order valence-corrected chi connectivity index (χ4v) is 3.61. The maximum absolute atomic E-state index is 12.9. The molecular weight excluding hydrogens is 340 g/mol. The van der Waals surface area contributed by atoms with Crippen molar-refractivity contribution >= 4 is 17.2 Å². The van der Waals surface area contributed by atoms with Crippen LogP contribution in [0.4, 0.5) is 0 Å². The summed E-state index contributed by atoms with van der Waals surface area (Å²) in [6.45, 7) is 2.91. The third-order valence-corrected chi connectivity index (χ3v) is 4.90. The summed E-state index contributed by atoms with van der Waals surface area (Å²) < 4.78 is 8.43. The van der Waals surface area contributed by atoms with E-state index in [9.17, 15) is 4.79 Å². The second-order valence-electron chi connectivity index (χ2n) is 6.22. The van der Waals surface area contributed by atoms with Crippen LogP contribution in [0, 0.1) is 0 Å². The summed E-state index contributed by atoms with van der Waals surface area (Å²) in [6, 6.07) is 7.26. The largest absolute Gasteiger partial charge is 0.497 e. The molecule has 2 aromatic heterocycles. The van der Waals surface area contributed by atoms with E-state index in [1.54, 1.807) is 23.9 Å². The van der Waals surface area contributed by atoms with E-state index in [0.29, 0.717) is 10.8 Å². The first-order chi connectivity index (χ1) is 12.2. The van der Waals surface area contributed by atoms with Gasteiger partial charge in [-0.15, -0.1) is 0 Å². The minimum atomic E-state index is -0.192. The third-order valence-electron chi connectivity index (χ3n) is 4.63. The molecule has 1 aliphatic rings. The van der Waals surface area contributed by atoms with Crippen LogP contribution in [0.1, 0.15) is 18.5 Å². The standard InChI is InChI=1S/C18H19ClN4O2/c1-25-15-6-4-13(5-7-15)22-12-16(19)23-14(10-20-17(23)18(22)24)11-21-8-2-3-9-21/h4-7,10,12H,2-3,8-9,11H2,1H3. The van der Waals surface area contributed by atoms with Crippen molar-refractivity contribution in [2.24, 2.45) is 0 Å². The van der Waals surface area contributed by atoms with Gasteiger partial charge >= 0.3 is 0 Å². The summed E-state index contributed by atoms with van der Waals surface area (Å²) in [7, 11) is 1.61. The van der Waals surface area contributed by atoms with E-state index in [2.05, 4.69) is 9.88 Å². The highest BCUT2D eigenvalue weighted by Crippen LogP contribution is 2.19. The SMILES string of the molecule is COc1ccc(-n2cc(Cl)n3c(CN4CCCC4)cnc3c2=O)cc1. The van der Waals surface area contributed by atoms with Crippen LogP contribution in [0.5, 0.6) is 5.75 Å². The number of likely N-dealkylation sites (tertiary alicyclic amines) is 1. The van der Waals surface area contributed by atoms with Crippen molar-refractivity contribution in [1.29, 1.82) is 0 Å². The summed E-state index contributed by atoms with van der Waals surface area (Å²) in [6.07, 6.45) is 5.83. The first kappa shape index (κ1) is 16.2. The highest BCUT2D eigenvalue weighted by atomic mass is 35.5. The van der Waals surface area contributed by atoms with Crippen molar-refractivity contribution in [3.05, 3.63) is 57.9 Å². The van der Waals surface area contributed by atoms with E-state index >= 15 is 0 Å². The van der Waals surface area contributed by atoms with E-state index in [0.717, 1.165) is 36.8 Å². The zero-order valence-corrected chi connectivity index (χ0v) is 14.7. The Bertz CT molecular complexity index is 956. The predicted octanol–water partition coefficient (Wildman–Crippen LogP) is 2.74. The van der Waals surface area contributed by atoms with Crippen LogP contribution in [-0.2, 0) is 6.54 Å². The molecule has 0 N–H and O–H groups in total. The molecule has 1 aliphatic heterocycles. The number of benzene rings is 1. The van der Waals surface area contributed by atoms with E-state index in [1.807, 2.05) is 24.3 Å². The predicted molar refractivity (Wildman–Crippen MR) is 96.9 cm³/mol. The lowest BCUT2D eigenvalue weighted by Gasteiger charge is -2.15. The molecule has 0 bridgehead atoms. The Kier molecular flexibility index (Phi) is 4.23. The van der Waals surface area contributed by atoms with E-state index in [-0.39, 0.29) is 5.56 Å². The molecule has 3 aromatic rings. The van der Waals surface area contributed by atoms with Gasteiger partial charge in [0.2, 0.25) is 5.65 Å². The van der Waals surface area contributed by atoms with Crippen molar-refractivity contribution in [2.75, 3.05) is 20.2 Å². The summed E-state index contributed by atoms with van der Waals surface area (Å²) >= 11 is 6.49. The molecule has 3 heterocycles. The van der Waals surface area contributed by atoms with Crippen molar-refractivity contribution in [2.45, 2.75) is 19.4 Å². The normalized spacial score (nSPS) is 15.1. The van der Waals surface area contributed by atoms with Crippen molar-refractivity contribution in [3.8, 4) is 11.4 Å². The lowest BCUT2D eigenvalue weighted by molar-refractivity contribution is 0.326. The van der Waals surface area contributed by atoms with Gasteiger partial charge in [0.15, 0.2) is 0 Å². The average molecular weight is 359 g/mol. The number of methoxy groups -OCH3 is 1. The fraction of sp³-hybridized carbons (Fsp3) is 0.333. The van der Waals surface area contributed by atoms with Gasteiger partial charge < -0.3 is 4.74 Å². The Balaban J connectivity index is 1.77. The maximum Gasteiger partial charge on any atom is 0.298 e. The maximum atomic E-state index is 12.9. The van der Waals surface area contributed by atoms with Crippen molar-refractivity contribution < 1.29 is 4.74 Å². The summed E-state index contributed by atoms with van der Waals surface area (Å²) in [5, 5.41) is 0.470. The van der Waals surface area contributed by atoms with Crippen LogP contribution in [0.15, 0.2) is 41.5 Å². The Labute approximate surface area is 150 Å². The molecule has 4 rings (SSSR count). The van der Waals surface area contributed by atoms with Gasteiger partial charge in [0.1, 0.15) is 10.9 Å². The first-order valence-corrected chi connectivity index (χ1v) is 8.69. The van der Waals surface area contributed by atoms with Gasteiger partial charge in [-0.25, -0.2) is 4.98 Å². The van der Waals surface area contributed by atoms with Crippen LogP contribution in [0.25, 0.3) is 11.3 Å². The van der Waals surface area contributed by atoms with Crippen LogP contribution in [-0.4, -0.2) is 39.1 Å². The van der Waals surface area contributed by atoms with Gasteiger partial charge in [-0.2, -0.15) is 0 Å². The highest BCUT2D eigenvalue weighted by Gasteiger charge is 2.18.